The third-order valence-electron chi connectivity index (χ3n) is 5.72. The van der Waals surface area contributed by atoms with Crippen LogP contribution in [0.4, 0.5) is 22.7 Å². The summed E-state index contributed by atoms with van der Waals surface area (Å²) in [5.41, 5.74) is 7.02. The SMILES string of the molecule is Cc1cc(Nc2ccncc2)ccc1NCCC1CNc2c1cccc2C(C)(C)O. The maximum atomic E-state index is 10.4. The molecule has 0 amide bonds. The molecule has 1 unspecified atom stereocenters. The third kappa shape index (κ3) is 4.41. The minimum absolute atomic E-state index is 0.447. The maximum Gasteiger partial charge on any atom is 0.0860 e. The van der Waals surface area contributed by atoms with Crippen LogP contribution in [-0.2, 0) is 5.60 Å². The highest BCUT2D eigenvalue weighted by Gasteiger charge is 2.28. The Morgan fingerprint density at radius 3 is 2.63 bits per heavy atom. The number of aliphatic hydroxyl groups is 1. The molecule has 1 aliphatic heterocycles. The van der Waals surface area contributed by atoms with Gasteiger partial charge in [0.1, 0.15) is 0 Å². The Morgan fingerprint density at radius 1 is 1.10 bits per heavy atom. The molecule has 1 atom stereocenters. The summed E-state index contributed by atoms with van der Waals surface area (Å²) in [6.07, 6.45) is 4.60. The second kappa shape index (κ2) is 8.36. The number of nitrogens with zero attached hydrogens (tertiary/aromatic N) is 1. The van der Waals surface area contributed by atoms with E-state index in [1.54, 1.807) is 12.4 Å². The lowest BCUT2D eigenvalue weighted by atomic mass is 9.90. The van der Waals surface area contributed by atoms with Crippen molar-refractivity contribution in [2.45, 2.75) is 38.7 Å². The molecule has 5 nitrogen and oxygen atoms in total. The molecule has 0 saturated heterocycles. The van der Waals surface area contributed by atoms with E-state index < -0.39 is 5.60 Å². The molecular formula is C25H30N4O. The van der Waals surface area contributed by atoms with Crippen molar-refractivity contribution in [3.63, 3.8) is 0 Å². The minimum Gasteiger partial charge on any atom is -0.386 e. The fourth-order valence-corrected chi connectivity index (χ4v) is 4.13. The van der Waals surface area contributed by atoms with Crippen LogP contribution in [0.1, 0.15) is 42.9 Å². The van der Waals surface area contributed by atoms with Crippen LogP contribution in [0.5, 0.6) is 0 Å². The van der Waals surface area contributed by atoms with Gasteiger partial charge in [0.05, 0.1) is 5.60 Å². The standard InChI is InChI=1S/C25H30N4O/c1-17-15-20(29-19-10-12-26-13-11-19)7-8-23(17)27-14-9-18-16-28-24-21(18)5-4-6-22(24)25(2,3)30/h4-8,10-13,15,18,27-28,30H,9,14,16H2,1-3H3,(H,26,29). The van der Waals surface area contributed by atoms with Crippen molar-refractivity contribution < 1.29 is 5.11 Å². The highest BCUT2D eigenvalue weighted by molar-refractivity contribution is 5.66. The molecule has 30 heavy (non-hydrogen) atoms. The molecule has 156 valence electrons. The summed E-state index contributed by atoms with van der Waals surface area (Å²) < 4.78 is 0. The van der Waals surface area contributed by atoms with Gasteiger partial charge < -0.3 is 21.1 Å². The summed E-state index contributed by atoms with van der Waals surface area (Å²) in [5.74, 6) is 0.447. The number of benzene rings is 2. The summed E-state index contributed by atoms with van der Waals surface area (Å²) in [5, 5.41) is 21.0. The smallest absolute Gasteiger partial charge is 0.0860 e. The van der Waals surface area contributed by atoms with Crippen LogP contribution in [0.2, 0.25) is 0 Å². The van der Waals surface area contributed by atoms with Gasteiger partial charge in [0, 0.05) is 59.7 Å². The third-order valence-corrected chi connectivity index (χ3v) is 5.72. The molecule has 0 radical (unpaired) electrons. The van der Waals surface area contributed by atoms with Gasteiger partial charge in [0.15, 0.2) is 0 Å². The summed E-state index contributed by atoms with van der Waals surface area (Å²) in [6.45, 7) is 7.63. The van der Waals surface area contributed by atoms with E-state index in [2.05, 4.69) is 58.2 Å². The van der Waals surface area contributed by atoms with Crippen molar-refractivity contribution in [1.82, 2.24) is 4.98 Å². The summed E-state index contributed by atoms with van der Waals surface area (Å²) in [4.78, 5) is 4.05. The zero-order valence-electron chi connectivity index (χ0n) is 17.9. The highest BCUT2D eigenvalue weighted by Crippen LogP contribution is 2.40. The zero-order valence-corrected chi connectivity index (χ0v) is 17.9. The van der Waals surface area contributed by atoms with E-state index in [-0.39, 0.29) is 0 Å². The van der Waals surface area contributed by atoms with Crippen LogP contribution in [0.25, 0.3) is 0 Å². The second-order valence-electron chi connectivity index (χ2n) is 8.51. The largest absolute Gasteiger partial charge is 0.386 e. The molecule has 0 aliphatic carbocycles. The van der Waals surface area contributed by atoms with E-state index in [0.29, 0.717) is 5.92 Å². The summed E-state index contributed by atoms with van der Waals surface area (Å²) in [6, 6.07) is 16.5. The molecule has 5 heteroatoms. The molecule has 4 N–H and O–H groups in total. The Kier molecular flexibility index (Phi) is 5.64. The van der Waals surface area contributed by atoms with Crippen LogP contribution in [0.15, 0.2) is 60.9 Å². The molecule has 0 fully saturated rings. The van der Waals surface area contributed by atoms with Gasteiger partial charge >= 0.3 is 0 Å². The number of hydrogen-bond donors (Lipinski definition) is 4. The Labute approximate surface area is 178 Å². The van der Waals surface area contributed by atoms with E-state index in [0.717, 1.165) is 47.8 Å². The number of aryl methyl sites for hydroxylation is 1. The molecule has 0 bridgehead atoms. The van der Waals surface area contributed by atoms with Gasteiger partial charge in [-0.05, 0) is 68.7 Å². The lowest BCUT2D eigenvalue weighted by Crippen LogP contribution is -2.17. The minimum atomic E-state index is -0.839. The quantitative estimate of drug-likeness (QED) is 0.428. The molecular weight excluding hydrogens is 372 g/mol. The van der Waals surface area contributed by atoms with Crippen LogP contribution in [-0.4, -0.2) is 23.2 Å². The first kappa shape index (κ1) is 20.2. The highest BCUT2D eigenvalue weighted by atomic mass is 16.3. The summed E-state index contributed by atoms with van der Waals surface area (Å²) >= 11 is 0. The lowest BCUT2D eigenvalue weighted by molar-refractivity contribution is 0.0793. The monoisotopic (exact) mass is 402 g/mol. The average molecular weight is 403 g/mol. The molecule has 0 spiro atoms. The average Bonchev–Trinajstić information content (AvgIpc) is 3.13. The molecule has 4 rings (SSSR count). The molecule has 0 saturated carbocycles. The van der Waals surface area contributed by atoms with Crippen molar-refractivity contribution in [2.75, 3.05) is 29.0 Å². The predicted molar refractivity (Wildman–Crippen MR) is 125 cm³/mol. The fourth-order valence-electron chi connectivity index (χ4n) is 4.13. The molecule has 1 aromatic heterocycles. The Morgan fingerprint density at radius 2 is 1.90 bits per heavy atom. The van der Waals surface area contributed by atoms with E-state index in [1.807, 2.05) is 32.0 Å². The number of nitrogens with one attached hydrogen (secondary N) is 3. The predicted octanol–water partition coefficient (Wildman–Crippen LogP) is 5.37. The van der Waals surface area contributed by atoms with Gasteiger partial charge in [-0.3, -0.25) is 4.98 Å². The number of anilines is 4. The van der Waals surface area contributed by atoms with E-state index in [1.165, 1.54) is 11.1 Å². The van der Waals surface area contributed by atoms with Gasteiger partial charge in [-0.1, -0.05) is 18.2 Å². The first-order valence-corrected chi connectivity index (χ1v) is 10.5. The van der Waals surface area contributed by atoms with Crippen molar-refractivity contribution in [3.8, 4) is 0 Å². The normalized spacial score (nSPS) is 15.4. The second-order valence-corrected chi connectivity index (χ2v) is 8.51. The Bertz CT molecular complexity index is 1010. The number of aromatic nitrogens is 1. The van der Waals surface area contributed by atoms with Crippen molar-refractivity contribution in [2.24, 2.45) is 0 Å². The van der Waals surface area contributed by atoms with Crippen molar-refractivity contribution >= 4 is 22.7 Å². The van der Waals surface area contributed by atoms with E-state index in [4.69, 9.17) is 0 Å². The van der Waals surface area contributed by atoms with Crippen LogP contribution in [0.3, 0.4) is 0 Å². The number of rotatable bonds is 7. The molecule has 3 aromatic rings. The van der Waals surface area contributed by atoms with Crippen molar-refractivity contribution in [1.29, 1.82) is 0 Å². The summed E-state index contributed by atoms with van der Waals surface area (Å²) in [7, 11) is 0. The Hall–Kier alpha value is -3.05. The van der Waals surface area contributed by atoms with Crippen LogP contribution >= 0.6 is 0 Å². The first-order valence-electron chi connectivity index (χ1n) is 10.5. The molecule has 1 aliphatic rings. The lowest BCUT2D eigenvalue weighted by Gasteiger charge is -2.21. The number of para-hydroxylation sites is 1. The molecule has 2 heterocycles. The fraction of sp³-hybridized carbons (Fsp3) is 0.320. The van der Waals surface area contributed by atoms with Gasteiger partial charge in [-0.2, -0.15) is 0 Å². The Balaban J connectivity index is 1.37. The van der Waals surface area contributed by atoms with Crippen LogP contribution < -0.4 is 16.0 Å². The molecule has 2 aromatic carbocycles. The maximum absolute atomic E-state index is 10.4. The number of pyridine rings is 1. The van der Waals surface area contributed by atoms with Crippen molar-refractivity contribution in [3.05, 3.63) is 77.6 Å². The number of hydrogen-bond acceptors (Lipinski definition) is 5. The van der Waals surface area contributed by atoms with Gasteiger partial charge in [0.2, 0.25) is 0 Å². The zero-order chi connectivity index (χ0) is 21.1. The van der Waals surface area contributed by atoms with Crippen LogP contribution in [0, 0.1) is 6.92 Å². The first-order chi connectivity index (χ1) is 14.4. The van der Waals surface area contributed by atoms with E-state index >= 15 is 0 Å². The van der Waals surface area contributed by atoms with Gasteiger partial charge in [-0.15, -0.1) is 0 Å². The number of fused-ring (bicyclic) bond motifs is 1. The van der Waals surface area contributed by atoms with E-state index in [9.17, 15) is 5.11 Å². The van der Waals surface area contributed by atoms with Gasteiger partial charge in [-0.25, -0.2) is 0 Å². The topological polar surface area (TPSA) is 69.2 Å². The van der Waals surface area contributed by atoms with Gasteiger partial charge in [0.25, 0.3) is 0 Å².